The van der Waals surface area contributed by atoms with Gasteiger partial charge in [-0.05, 0) is 49.7 Å². The molecule has 0 spiro atoms. The van der Waals surface area contributed by atoms with Crippen molar-refractivity contribution < 1.29 is 29.0 Å². The van der Waals surface area contributed by atoms with E-state index in [9.17, 15) is 14.4 Å². The second-order valence-corrected chi connectivity index (χ2v) is 7.93. The Hall–Kier alpha value is -3.66. The number of carbonyl (C=O) groups excluding carboxylic acids is 2. The number of carboxylic acid groups (broad SMARTS) is 1. The van der Waals surface area contributed by atoms with E-state index < -0.39 is 23.1 Å². The Kier molecular flexibility index (Phi) is 7.61. The third-order valence-corrected chi connectivity index (χ3v) is 5.32. The molecule has 1 atom stereocenters. The lowest BCUT2D eigenvalue weighted by atomic mass is 10.1. The van der Waals surface area contributed by atoms with E-state index in [1.807, 2.05) is 26.0 Å². The Morgan fingerprint density at radius 2 is 1.94 bits per heavy atom. The second kappa shape index (κ2) is 10.6. The van der Waals surface area contributed by atoms with Crippen LogP contribution in [-0.2, 0) is 9.59 Å². The van der Waals surface area contributed by atoms with Crippen LogP contribution in [-0.4, -0.2) is 46.2 Å². The van der Waals surface area contributed by atoms with Crippen molar-refractivity contribution >= 4 is 41.0 Å². The fourth-order valence-electron chi connectivity index (χ4n) is 2.70. The van der Waals surface area contributed by atoms with Gasteiger partial charge in [-0.25, -0.2) is 4.79 Å². The Morgan fingerprint density at radius 1 is 1.19 bits per heavy atom. The third kappa shape index (κ3) is 6.17. The smallest absolute Gasteiger partial charge is 0.343 e. The molecule has 2 N–H and O–H groups in total. The molecule has 1 fully saturated rings. The highest BCUT2D eigenvalue weighted by Gasteiger charge is 2.32. The molecule has 0 aliphatic carbocycles. The molecule has 1 aliphatic rings. The van der Waals surface area contributed by atoms with Gasteiger partial charge in [0.25, 0.3) is 0 Å². The van der Waals surface area contributed by atoms with E-state index >= 15 is 0 Å². The van der Waals surface area contributed by atoms with Gasteiger partial charge in [-0.3, -0.25) is 9.59 Å². The number of carbonyl (C=O) groups is 3. The van der Waals surface area contributed by atoms with Crippen molar-refractivity contribution in [3.05, 3.63) is 59.2 Å². The molecule has 1 saturated heterocycles. The molecule has 0 aromatic heterocycles. The van der Waals surface area contributed by atoms with Crippen LogP contribution in [0.25, 0.3) is 0 Å². The number of aryl methyl sites for hydroxylation is 1. The minimum absolute atomic E-state index is 0.228. The zero-order chi connectivity index (χ0) is 23.1. The van der Waals surface area contributed by atoms with E-state index in [-0.39, 0.29) is 17.3 Å². The van der Waals surface area contributed by atoms with Crippen molar-refractivity contribution in [3.8, 4) is 11.5 Å². The number of amides is 1. The van der Waals surface area contributed by atoms with Crippen molar-refractivity contribution in [2.24, 2.45) is 10.2 Å². The highest BCUT2D eigenvalue weighted by Crippen LogP contribution is 2.29. The van der Waals surface area contributed by atoms with E-state index in [4.69, 9.17) is 14.6 Å². The summed E-state index contributed by atoms with van der Waals surface area (Å²) in [5.41, 5.74) is 2.10. The molecule has 1 unspecified atom stereocenters. The normalized spacial score (nSPS) is 16.9. The molecule has 0 saturated carbocycles. The van der Waals surface area contributed by atoms with Gasteiger partial charge in [0.05, 0.1) is 24.8 Å². The Balaban J connectivity index is 1.70. The lowest BCUT2D eigenvalue weighted by Crippen LogP contribution is -2.26. The number of carboxylic acids is 1. The van der Waals surface area contributed by atoms with Crippen molar-refractivity contribution in [1.29, 1.82) is 0 Å². The first-order valence-corrected chi connectivity index (χ1v) is 10.6. The van der Waals surface area contributed by atoms with Crippen LogP contribution in [0.15, 0.2) is 52.7 Å². The van der Waals surface area contributed by atoms with Crippen LogP contribution in [0.1, 0.15) is 34.8 Å². The van der Waals surface area contributed by atoms with E-state index in [0.717, 1.165) is 17.3 Å². The minimum Gasteiger partial charge on any atom is -0.490 e. The summed E-state index contributed by atoms with van der Waals surface area (Å²) in [6.07, 6.45) is 1.15. The lowest BCUT2D eigenvalue weighted by Gasteiger charge is -2.11. The molecular formula is C22H21N3O6S. The summed E-state index contributed by atoms with van der Waals surface area (Å²) in [6, 6.07) is 12.0. The van der Waals surface area contributed by atoms with Crippen molar-refractivity contribution in [3.63, 3.8) is 0 Å². The summed E-state index contributed by atoms with van der Waals surface area (Å²) in [7, 11) is 0. The molecule has 0 radical (unpaired) electrons. The molecule has 1 heterocycles. The summed E-state index contributed by atoms with van der Waals surface area (Å²) in [5.74, 6) is -1.33. The van der Waals surface area contributed by atoms with E-state index in [2.05, 4.69) is 15.5 Å². The molecule has 1 aliphatic heterocycles. The maximum atomic E-state index is 12.4. The number of hydrogen-bond donors (Lipinski definition) is 2. The summed E-state index contributed by atoms with van der Waals surface area (Å²) >= 11 is 1.01. The largest absolute Gasteiger partial charge is 0.490 e. The zero-order valence-electron chi connectivity index (χ0n) is 17.4. The first-order chi connectivity index (χ1) is 15.4. The maximum absolute atomic E-state index is 12.4. The SMILES string of the molecule is CCOc1cc(/C=N/N=C2\NC(=O)C(CC(=O)O)S2)ccc1OC(=O)c1ccc(C)cc1. The number of esters is 1. The quantitative estimate of drug-likeness (QED) is 0.271. The van der Waals surface area contributed by atoms with Gasteiger partial charge in [-0.15, -0.1) is 5.10 Å². The fourth-order valence-corrected chi connectivity index (χ4v) is 3.61. The molecule has 166 valence electrons. The molecule has 3 rings (SSSR count). The molecule has 0 bridgehead atoms. The van der Waals surface area contributed by atoms with Crippen LogP contribution in [0.2, 0.25) is 0 Å². The van der Waals surface area contributed by atoms with E-state index in [0.29, 0.717) is 23.5 Å². The van der Waals surface area contributed by atoms with Crippen molar-refractivity contribution in [2.45, 2.75) is 25.5 Å². The van der Waals surface area contributed by atoms with Gasteiger partial charge in [0.2, 0.25) is 5.91 Å². The molecule has 2 aromatic rings. The number of amidine groups is 1. The van der Waals surface area contributed by atoms with Crippen molar-refractivity contribution in [1.82, 2.24) is 5.32 Å². The van der Waals surface area contributed by atoms with Gasteiger partial charge in [-0.2, -0.15) is 5.10 Å². The Morgan fingerprint density at radius 3 is 2.62 bits per heavy atom. The number of rotatable bonds is 8. The monoisotopic (exact) mass is 455 g/mol. The molecular weight excluding hydrogens is 434 g/mol. The van der Waals surface area contributed by atoms with Crippen LogP contribution in [0.5, 0.6) is 11.5 Å². The Bertz CT molecular complexity index is 1080. The van der Waals surface area contributed by atoms with Gasteiger partial charge < -0.3 is 19.9 Å². The lowest BCUT2D eigenvalue weighted by molar-refractivity contribution is -0.138. The highest BCUT2D eigenvalue weighted by atomic mass is 32.2. The second-order valence-electron chi connectivity index (χ2n) is 6.74. The van der Waals surface area contributed by atoms with E-state index in [1.165, 1.54) is 6.21 Å². The zero-order valence-corrected chi connectivity index (χ0v) is 18.2. The van der Waals surface area contributed by atoms with Gasteiger partial charge in [-0.1, -0.05) is 29.5 Å². The maximum Gasteiger partial charge on any atom is 0.343 e. The van der Waals surface area contributed by atoms with Crippen LogP contribution < -0.4 is 14.8 Å². The first-order valence-electron chi connectivity index (χ1n) is 9.71. The number of ether oxygens (including phenoxy) is 2. The van der Waals surface area contributed by atoms with Crippen LogP contribution in [0, 0.1) is 6.92 Å². The van der Waals surface area contributed by atoms with Gasteiger partial charge in [0.15, 0.2) is 16.7 Å². The molecule has 10 heteroatoms. The number of nitrogens with zero attached hydrogens (tertiary/aromatic N) is 2. The molecule has 2 aromatic carbocycles. The predicted molar refractivity (Wildman–Crippen MR) is 121 cm³/mol. The summed E-state index contributed by atoms with van der Waals surface area (Å²) in [6.45, 7) is 4.11. The van der Waals surface area contributed by atoms with Gasteiger partial charge in [0.1, 0.15) is 5.25 Å². The number of aliphatic carboxylic acids is 1. The van der Waals surface area contributed by atoms with Crippen LogP contribution >= 0.6 is 11.8 Å². The summed E-state index contributed by atoms with van der Waals surface area (Å²) in [5, 5.41) is 18.7. The summed E-state index contributed by atoms with van der Waals surface area (Å²) in [4.78, 5) is 34.9. The first kappa shape index (κ1) is 23.0. The fraction of sp³-hybridized carbons (Fsp3) is 0.227. The van der Waals surface area contributed by atoms with Gasteiger partial charge >= 0.3 is 11.9 Å². The highest BCUT2D eigenvalue weighted by molar-refractivity contribution is 8.15. The standard InChI is InChI=1S/C22H21N3O6S/c1-3-30-17-10-14(12-23-25-22-24-20(28)18(32-22)11-19(26)27)6-9-16(17)31-21(29)15-7-4-13(2)5-8-15/h4-10,12,18H,3,11H2,1-2H3,(H,26,27)(H,24,25,28)/b23-12+. The third-order valence-electron chi connectivity index (χ3n) is 4.25. The molecule has 1 amide bonds. The number of nitrogens with one attached hydrogen (secondary N) is 1. The molecule has 32 heavy (non-hydrogen) atoms. The predicted octanol–water partition coefficient (Wildman–Crippen LogP) is 3.01. The van der Waals surface area contributed by atoms with Crippen LogP contribution in [0.4, 0.5) is 0 Å². The minimum atomic E-state index is -1.06. The Labute approximate surface area is 188 Å². The van der Waals surface area contributed by atoms with E-state index in [1.54, 1.807) is 30.3 Å². The summed E-state index contributed by atoms with van der Waals surface area (Å²) < 4.78 is 11.1. The van der Waals surface area contributed by atoms with Crippen LogP contribution in [0.3, 0.4) is 0 Å². The number of hydrogen-bond acceptors (Lipinski definition) is 8. The molecule has 9 nitrogen and oxygen atoms in total. The van der Waals surface area contributed by atoms with Crippen molar-refractivity contribution in [2.75, 3.05) is 6.61 Å². The number of benzene rings is 2. The average molecular weight is 455 g/mol. The topological polar surface area (TPSA) is 127 Å². The number of thioether (sulfide) groups is 1. The average Bonchev–Trinajstić information content (AvgIpc) is 3.09. The van der Waals surface area contributed by atoms with Gasteiger partial charge in [0, 0.05) is 0 Å².